The van der Waals surface area contributed by atoms with Crippen LogP contribution in [0.4, 0.5) is 14.5 Å². The molecule has 0 spiro atoms. The molecule has 1 aromatic carbocycles. The first-order chi connectivity index (χ1) is 11.5. The van der Waals surface area contributed by atoms with Gasteiger partial charge in [-0.05, 0) is 6.07 Å². The van der Waals surface area contributed by atoms with E-state index in [4.69, 9.17) is 4.74 Å². The van der Waals surface area contributed by atoms with Crippen molar-refractivity contribution in [2.75, 3.05) is 18.6 Å². The average molecular weight is 331 g/mol. The summed E-state index contributed by atoms with van der Waals surface area (Å²) in [7, 11) is 1.76. The quantitative estimate of drug-likeness (QED) is 0.632. The number of ether oxygens (including phenoxy) is 1. The number of likely N-dealkylation sites (N-methyl/N-ethyl adjacent to an activating group) is 1. The van der Waals surface area contributed by atoms with Gasteiger partial charge in [0.1, 0.15) is 12.4 Å². The second kappa shape index (κ2) is 4.88. The van der Waals surface area contributed by atoms with Crippen LogP contribution in [0, 0.1) is 11.8 Å². The topological polar surface area (TPSA) is 64.7 Å². The Hall–Kier alpha value is -3.23. The smallest absolute Gasteiger partial charge is 0.261 e. The monoisotopic (exact) mass is 331 g/mol. The Morgan fingerprint density at radius 2 is 2.04 bits per heavy atom. The van der Waals surface area contributed by atoms with Gasteiger partial charge in [-0.15, -0.1) is 5.10 Å². The number of hydrogen-bond acceptors (Lipinski definition) is 5. The molecular formula is C15H11F2N5O2. The lowest BCUT2D eigenvalue weighted by Gasteiger charge is -2.30. The Morgan fingerprint density at radius 3 is 2.83 bits per heavy atom. The van der Waals surface area contributed by atoms with E-state index >= 15 is 0 Å². The number of fused-ring (bicyclic) bond motifs is 2. The standard InChI is InChI=1S/C15H11F2N5O2/c1-8-7-24-12-3-9(16)10(4-11(12)20(8)2)21-14-6-18-19-22(14)13(17)5-15(21)23/h3-6H,1,7H2,2H3. The first kappa shape index (κ1) is 14.4. The van der Waals surface area contributed by atoms with Crippen molar-refractivity contribution < 1.29 is 13.5 Å². The largest absolute Gasteiger partial charge is 0.485 e. The van der Waals surface area contributed by atoms with Crippen LogP contribution in [-0.4, -0.2) is 33.0 Å². The Bertz CT molecular complexity index is 1060. The molecule has 3 heterocycles. The van der Waals surface area contributed by atoms with Crippen LogP contribution in [0.3, 0.4) is 0 Å². The number of benzene rings is 1. The summed E-state index contributed by atoms with van der Waals surface area (Å²) in [6, 6.07) is 3.35. The fraction of sp³-hybridized carbons (Fsp3) is 0.133. The van der Waals surface area contributed by atoms with Crippen molar-refractivity contribution in [2.24, 2.45) is 0 Å². The van der Waals surface area contributed by atoms with E-state index in [2.05, 4.69) is 16.9 Å². The molecule has 4 rings (SSSR count). The summed E-state index contributed by atoms with van der Waals surface area (Å²) in [6.45, 7) is 4.10. The van der Waals surface area contributed by atoms with E-state index in [0.29, 0.717) is 17.1 Å². The van der Waals surface area contributed by atoms with Crippen molar-refractivity contribution in [3.05, 3.63) is 58.8 Å². The maximum atomic E-state index is 14.6. The van der Waals surface area contributed by atoms with Gasteiger partial charge < -0.3 is 9.64 Å². The Morgan fingerprint density at radius 1 is 1.25 bits per heavy atom. The molecule has 7 nitrogen and oxygen atoms in total. The molecule has 9 heteroatoms. The fourth-order valence-electron chi connectivity index (χ4n) is 2.63. The molecule has 0 fully saturated rings. The minimum atomic E-state index is -0.879. The van der Waals surface area contributed by atoms with Gasteiger partial charge in [0.05, 0.1) is 23.6 Å². The van der Waals surface area contributed by atoms with Crippen molar-refractivity contribution >= 4 is 11.3 Å². The molecule has 0 saturated heterocycles. The minimum absolute atomic E-state index is 0.0112. The second-order valence-electron chi connectivity index (χ2n) is 5.33. The van der Waals surface area contributed by atoms with Crippen LogP contribution >= 0.6 is 0 Å². The third-order valence-corrected chi connectivity index (χ3v) is 3.92. The summed E-state index contributed by atoms with van der Waals surface area (Å²) in [5, 5.41) is 7.13. The lowest BCUT2D eigenvalue weighted by Crippen LogP contribution is -2.27. The molecule has 122 valence electrons. The van der Waals surface area contributed by atoms with E-state index in [1.807, 2.05) is 0 Å². The van der Waals surface area contributed by atoms with E-state index in [1.165, 1.54) is 18.3 Å². The molecule has 0 atom stereocenters. The highest BCUT2D eigenvalue weighted by atomic mass is 19.1. The van der Waals surface area contributed by atoms with Crippen molar-refractivity contribution in [1.29, 1.82) is 0 Å². The van der Waals surface area contributed by atoms with Gasteiger partial charge in [-0.1, -0.05) is 11.8 Å². The first-order valence-electron chi connectivity index (χ1n) is 6.97. The third-order valence-electron chi connectivity index (χ3n) is 3.92. The molecular weight excluding hydrogens is 320 g/mol. The summed E-state index contributed by atoms with van der Waals surface area (Å²) in [4.78, 5) is 14.0. The van der Waals surface area contributed by atoms with Crippen LogP contribution < -0.4 is 15.2 Å². The van der Waals surface area contributed by atoms with Gasteiger partial charge >= 0.3 is 0 Å². The average Bonchev–Trinajstić information content (AvgIpc) is 3.02. The van der Waals surface area contributed by atoms with Crippen molar-refractivity contribution in [3.8, 4) is 11.4 Å². The molecule has 0 N–H and O–H groups in total. The number of hydrogen-bond donors (Lipinski definition) is 0. The molecule has 1 aliphatic heterocycles. The summed E-state index contributed by atoms with van der Waals surface area (Å²) >= 11 is 0. The summed E-state index contributed by atoms with van der Waals surface area (Å²) < 4.78 is 35.6. The molecule has 0 aliphatic carbocycles. The minimum Gasteiger partial charge on any atom is -0.485 e. The fourth-order valence-corrected chi connectivity index (χ4v) is 2.63. The highest BCUT2D eigenvalue weighted by molar-refractivity contribution is 5.68. The molecule has 24 heavy (non-hydrogen) atoms. The summed E-state index contributed by atoms with van der Waals surface area (Å²) in [5.41, 5.74) is 0.444. The van der Waals surface area contributed by atoms with Gasteiger partial charge in [-0.2, -0.15) is 8.91 Å². The van der Waals surface area contributed by atoms with Gasteiger partial charge in [0.25, 0.3) is 5.56 Å². The van der Waals surface area contributed by atoms with Gasteiger partial charge in [0.2, 0.25) is 5.95 Å². The van der Waals surface area contributed by atoms with Crippen LogP contribution in [0.25, 0.3) is 11.3 Å². The van der Waals surface area contributed by atoms with Crippen LogP contribution in [0.5, 0.6) is 5.75 Å². The molecule has 3 aromatic rings. The van der Waals surface area contributed by atoms with Gasteiger partial charge in [-0.3, -0.25) is 9.36 Å². The van der Waals surface area contributed by atoms with E-state index < -0.39 is 17.3 Å². The Labute approximate surface area is 134 Å². The number of aromatic nitrogens is 4. The summed E-state index contributed by atoms with van der Waals surface area (Å²) in [6.07, 6.45) is 1.18. The lowest BCUT2D eigenvalue weighted by molar-refractivity contribution is 0.336. The Balaban J connectivity index is 2.04. The van der Waals surface area contributed by atoms with E-state index in [-0.39, 0.29) is 17.9 Å². The van der Waals surface area contributed by atoms with Gasteiger partial charge in [0.15, 0.2) is 11.5 Å². The summed E-state index contributed by atoms with van der Waals surface area (Å²) in [5.74, 6) is -1.23. The molecule has 0 amide bonds. The highest BCUT2D eigenvalue weighted by Crippen LogP contribution is 2.37. The van der Waals surface area contributed by atoms with E-state index in [0.717, 1.165) is 15.1 Å². The number of anilines is 1. The van der Waals surface area contributed by atoms with Crippen LogP contribution in [0.15, 0.2) is 41.5 Å². The molecule has 1 aliphatic rings. The van der Waals surface area contributed by atoms with Gasteiger partial charge in [-0.25, -0.2) is 4.39 Å². The third kappa shape index (κ3) is 1.91. The molecule has 0 bridgehead atoms. The maximum Gasteiger partial charge on any atom is 0.261 e. The Kier molecular flexibility index (Phi) is 2.92. The zero-order valence-electron chi connectivity index (χ0n) is 12.5. The maximum absolute atomic E-state index is 14.6. The van der Waals surface area contributed by atoms with E-state index in [1.54, 1.807) is 11.9 Å². The second-order valence-corrected chi connectivity index (χ2v) is 5.33. The zero-order valence-corrected chi connectivity index (χ0v) is 12.5. The molecule has 0 saturated carbocycles. The predicted octanol–water partition coefficient (Wildman–Crippen LogP) is 1.50. The zero-order chi connectivity index (χ0) is 17.0. The predicted molar refractivity (Wildman–Crippen MR) is 81.5 cm³/mol. The van der Waals surface area contributed by atoms with Crippen LogP contribution in [-0.2, 0) is 0 Å². The normalized spacial score (nSPS) is 14.0. The molecule has 0 radical (unpaired) electrons. The van der Waals surface area contributed by atoms with Crippen molar-refractivity contribution in [1.82, 2.24) is 19.4 Å². The highest BCUT2D eigenvalue weighted by Gasteiger charge is 2.23. The van der Waals surface area contributed by atoms with Gasteiger partial charge in [0, 0.05) is 18.8 Å². The first-order valence-corrected chi connectivity index (χ1v) is 6.97. The van der Waals surface area contributed by atoms with Crippen LogP contribution in [0.1, 0.15) is 0 Å². The number of halogens is 2. The van der Waals surface area contributed by atoms with E-state index in [9.17, 15) is 13.6 Å². The molecule has 0 unspecified atom stereocenters. The molecule has 2 aromatic heterocycles. The number of rotatable bonds is 1. The SMILES string of the molecule is C=C1COc2cc(F)c(-n3c(=O)cc(F)n4nncc34)cc2N1C. The van der Waals surface area contributed by atoms with Crippen molar-refractivity contribution in [3.63, 3.8) is 0 Å². The van der Waals surface area contributed by atoms with Crippen LogP contribution in [0.2, 0.25) is 0 Å². The lowest BCUT2D eigenvalue weighted by atomic mass is 10.2. The number of nitrogens with zero attached hydrogens (tertiary/aromatic N) is 5. The van der Waals surface area contributed by atoms with Crippen molar-refractivity contribution in [2.45, 2.75) is 0 Å².